The topological polar surface area (TPSA) is 108 Å². The molecule has 0 aromatic heterocycles. The number of carbonyl (C=O) groups excluding carboxylic acids is 4. The average Bonchev–Trinajstić information content (AvgIpc) is 3.02. The number of esters is 3. The molecule has 2 atom stereocenters. The van der Waals surface area contributed by atoms with E-state index >= 15 is 0 Å². The molecule has 0 bridgehead atoms. The van der Waals surface area contributed by atoms with Gasteiger partial charge in [-0.2, -0.15) is 0 Å². The lowest BCUT2D eigenvalue weighted by Crippen LogP contribution is -2.49. The first-order valence-electron chi connectivity index (χ1n) is 8.88. The van der Waals surface area contributed by atoms with Crippen molar-refractivity contribution in [2.24, 2.45) is 0 Å². The zero-order valence-corrected chi connectivity index (χ0v) is 17.0. The first-order valence-corrected chi connectivity index (χ1v) is 8.88. The van der Waals surface area contributed by atoms with Crippen LogP contribution in [-0.4, -0.2) is 66.9 Å². The maximum absolute atomic E-state index is 12.8. The number of hydrogen-bond acceptors (Lipinski definition) is 8. The number of methoxy groups -OCH3 is 1. The van der Waals surface area contributed by atoms with E-state index in [1.807, 2.05) is 0 Å². The predicted octanol–water partition coefficient (Wildman–Crippen LogP) is 1.76. The molecule has 0 saturated carbocycles. The minimum Gasteiger partial charge on any atom is -0.467 e. The fourth-order valence-electron chi connectivity index (χ4n) is 2.47. The van der Waals surface area contributed by atoms with Crippen LogP contribution in [0, 0.1) is 0 Å². The second-order valence-corrected chi connectivity index (χ2v) is 6.76. The predicted molar refractivity (Wildman–Crippen MR) is 98.2 cm³/mol. The molecule has 1 aliphatic heterocycles. The van der Waals surface area contributed by atoms with E-state index in [0.717, 1.165) is 11.0 Å². The summed E-state index contributed by atoms with van der Waals surface area (Å²) < 4.78 is 20.0. The molecule has 28 heavy (non-hydrogen) atoms. The van der Waals surface area contributed by atoms with Gasteiger partial charge in [0.25, 0.3) is 0 Å². The van der Waals surface area contributed by atoms with E-state index in [0.29, 0.717) is 0 Å². The van der Waals surface area contributed by atoms with Crippen LogP contribution in [0.15, 0.2) is 23.8 Å². The molecule has 0 fully saturated rings. The summed E-state index contributed by atoms with van der Waals surface area (Å²) in [5.41, 5.74) is -1.01. The van der Waals surface area contributed by atoms with Crippen LogP contribution in [0.3, 0.4) is 0 Å². The molecule has 0 N–H and O–H groups in total. The van der Waals surface area contributed by atoms with Gasteiger partial charge in [-0.3, -0.25) is 4.90 Å². The third-order valence-electron chi connectivity index (χ3n) is 3.51. The summed E-state index contributed by atoms with van der Waals surface area (Å²) in [7, 11) is 1.18. The Morgan fingerprint density at radius 2 is 1.57 bits per heavy atom. The summed E-state index contributed by atoms with van der Waals surface area (Å²) in [5, 5.41) is 0. The highest BCUT2D eigenvalue weighted by Crippen LogP contribution is 2.27. The fraction of sp³-hybridized carbons (Fsp3) is 0.579. The van der Waals surface area contributed by atoms with Crippen molar-refractivity contribution >= 4 is 24.0 Å². The Morgan fingerprint density at radius 1 is 1.00 bits per heavy atom. The number of nitrogens with zero attached hydrogens (tertiary/aromatic N) is 1. The van der Waals surface area contributed by atoms with Crippen LogP contribution in [0.5, 0.6) is 0 Å². The van der Waals surface area contributed by atoms with E-state index in [4.69, 9.17) is 18.9 Å². The molecule has 0 radical (unpaired) electrons. The normalized spacial score (nSPS) is 19.2. The lowest BCUT2D eigenvalue weighted by molar-refractivity contribution is -0.145. The SMILES string of the molecule is CCOC(=O)/C=C(/C(=O)OCC)[C@H]1C=C[C@@H](C(=O)OC)N1C(=O)OC(C)(C)C. The van der Waals surface area contributed by atoms with Gasteiger partial charge in [-0.05, 0) is 34.6 Å². The number of carbonyl (C=O) groups is 4. The first-order chi connectivity index (χ1) is 13.1. The zero-order chi connectivity index (χ0) is 21.5. The van der Waals surface area contributed by atoms with E-state index in [1.54, 1.807) is 34.6 Å². The highest BCUT2D eigenvalue weighted by atomic mass is 16.6. The number of hydrogen-bond donors (Lipinski definition) is 0. The largest absolute Gasteiger partial charge is 0.467 e. The Bertz CT molecular complexity index is 674. The van der Waals surface area contributed by atoms with Crippen LogP contribution in [0.4, 0.5) is 4.79 Å². The fourth-order valence-corrected chi connectivity index (χ4v) is 2.47. The molecule has 0 spiro atoms. The first kappa shape index (κ1) is 23.2. The summed E-state index contributed by atoms with van der Waals surface area (Å²) in [5.74, 6) is -2.31. The van der Waals surface area contributed by atoms with Crippen LogP contribution in [0.25, 0.3) is 0 Å². The van der Waals surface area contributed by atoms with Crippen molar-refractivity contribution in [3.05, 3.63) is 23.8 Å². The van der Waals surface area contributed by atoms with Gasteiger partial charge in [0.2, 0.25) is 0 Å². The second-order valence-electron chi connectivity index (χ2n) is 6.76. The maximum Gasteiger partial charge on any atom is 0.412 e. The van der Waals surface area contributed by atoms with Crippen molar-refractivity contribution < 1.29 is 38.1 Å². The van der Waals surface area contributed by atoms with Crippen molar-refractivity contribution in [2.75, 3.05) is 20.3 Å². The second kappa shape index (κ2) is 9.91. The van der Waals surface area contributed by atoms with Crippen molar-refractivity contribution in [2.45, 2.75) is 52.3 Å². The molecule has 0 aliphatic carbocycles. The molecule has 9 nitrogen and oxygen atoms in total. The van der Waals surface area contributed by atoms with Crippen LogP contribution in [0.2, 0.25) is 0 Å². The number of ether oxygens (including phenoxy) is 4. The van der Waals surface area contributed by atoms with Gasteiger partial charge in [-0.25, -0.2) is 19.2 Å². The van der Waals surface area contributed by atoms with E-state index in [9.17, 15) is 19.2 Å². The van der Waals surface area contributed by atoms with Gasteiger partial charge in [0.15, 0.2) is 6.04 Å². The van der Waals surface area contributed by atoms with E-state index in [1.165, 1.54) is 19.3 Å². The average molecular weight is 397 g/mol. The third-order valence-corrected chi connectivity index (χ3v) is 3.51. The smallest absolute Gasteiger partial charge is 0.412 e. The molecule has 0 saturated heterocycles. The summed E-state index contributed by atoms with van der Waals surface area (Å²) in [6, 6.07) is -2.19. The molecular weight excluding hydrogens is 370 g/mol. The monoisotopic (exact) mass is 397 g/mol. The quantitative estimate of drug-likeness (QED) is 0.289. The standard InChI is InChI=1S/C19H27NO8/c1-7-26-15(21)11-12(16(22)27-8-2)13-9-10-14(17(23)25-6)20(13)18(24)28-19(3,4)5/h9-11,13-14H,7-8H2,1-6H3/b12-11+/t13-,14+/m1/s1. The Labute approximate surface area is 164 Å². The Morgan fingerprint density at radius 3 is 2.07 bits per heavy atom. The van der Waals surface area contributed by atoms with Gasteiger partial charge >= 0.3 is 24.0 Å². The molecule has 1 heterocycles. The van der Waals surface area contributed by atoms with Gasteiger partial charge < -0.3 is 18.9 Å². The number of amides is 1. The minimum atomic E-state index is -1.12. The minimum absolute atomic E-state index is 0.0578. The van der Waals surface area contributed by atoms with Crippen molar-refractivity contribution in [3.8, 4) is 0 Å². The lowest BCUT2D eigenvalue weighted by atomic mass is 10.1. The molecule has 1 rings (SSSR count). The molecule has 0 unspecified atom stereocenters. The van der Waals surface area contributed by atoms with Crippen molar-refractivity contribution in [3.63, 3.8) is 0 Å². The van der Waals surface area contributed by atoms with Gasteiger partial charge in [-0.15, -0.1) is 0 Å². The van der Waals surface area contributed by atoms with Crippen LogP contribution >= 0.6 is 0 Å². The van der Waals surface area contributed by atoms with Crippen LogP contribution in [-0.2, 0) is 33.3 Å². The summed E-state index contributed by atoms with van der Waals surface area (Å²) in [4.78, 5) is 50.3. The molecule has 156 valence electrons. The summed E-state index contributed by atoms with van der Waals surface area (Å²) in [6.07, 6.45) is 2.94. The summed E-state index contributed by atoms with van der Waals surface area (Å²) in [6.45, 7) is 8.37. The number of rotatable bonds is 6. The Kier molecular flexibility index (Phi) is 8.21. The highest BCUT2D eigenvalue weighted by Gasteiger charge is 2.43. The maximum atomic E-state index is 12.8. The Hall–Kier alpha value is -2.84. The molecule has 9 heteroatoms. The van der Waals surface area contributed by atoms with E-state index in [-0.39, 0.29) is 18.8 Å². The molecule has 1 aliphatic rings. The lowest BCUT2D eigenvalue weighted by Gasteiger charge is -2.32. The zero-order valence-electron chi connectivity index (χ0n) is 17.0. The van der Waals surface area contributed by atoms with Gasteiger partial charge in [0.1, 0.15) is 5.60 Å². The van der Waals surface area contributed by atoms with Gasteiger partial charge in [0, 0.05) is 6.08 Å². The van der Waals surface area contributed by atoms with Crippen molar-refractivity contribution in [1.82, 2.24) is 4.90 Å². The van der Waals surface area contributed by atoms with E-state index < -0.39 is 41.7 Å². The summed E-state index contributed by atoms with van der Waals surface area (Å²) >= 11 is 0. The van der Waals surface area contributed by atoms with E-state index in [2.05, 4.69) is 0 Å². The Balaban J connectivity index is 3.36. The molecule has 1 amide bonds. The highest BCUT2D eigenvalue weighted by molar-refractivity contribution is 5.99. The molecule has 0 aromatic rings. The van der Waals surface area contributed by atoms with Crippen molar-refractivity contribution in [1.29, 1.82) is 0 Å². The van der Waals surface area contributed by atoms with Gasteiger partial charge in [0.05, 0.1) is 31.9 Å². The van der Waals surface area contributed by atoms with Gasteiger partial charge in [-0.1, -0.05) is 12.2 Å². The van der Waals surface area contributed by atoms with Crippen LogP contribution < -0.4 is 0 Å². The molecular formula is C19H27NO8. The molecule has 0 aromatic carbocycles. The van der Waals surface area contributed by atoms with Crippen LogP contribution in [0.1, 0.15) is 34.6 Å². The third kappa shape index (κ3) is 6.11.